The number of hydrogen-bond acceptors (Lipinski definition) is 3. The van der Waals surface area contributed by atoms with Crippen molar-refractivity contribution in [1.29, 1.82) is 0 Å². The van der Waals surface area contributed by atoms with E-state index < -0.39 is 22.0 Å². The van der Waals surface area contributed by atoms with E-state index in [1.165, 1.54) is 13.0 Å². The molecular weight excluding hydrogens is 242 g/mol. The topological polar surface area (TPSA) is 83.5 Å². The Morgan fingerprint density at radius 3 is 2.53 bits per heavy atom. The lowest BCUT2D eigenvalue weighted by Crippen LogP contribution is -2.38. The predicted molar refractivity (Wildman–Crippen MR) is 63.2 cm³/mol. The zero-order valence-corrected chi connectivity index (χ0v) is 10.5. The van der Waals surface area contributed by atoms with Crippen LogP contribution in [0.25, 0.3) is 0 Å². The van der Waals surface area contributed by atoms with Gasteiger partial charge in [-0.05, 0) is 25.0 Å². The van der Waals surface area contributed by atoms with Crippen LogP contribution >= 0.6 is 0 Å². The van der Waals surface area contributed by atoms with E-state index in [0.29, 0.717) is 12.0 Å². The summed E-state index contributed by atoms with van der Waals surface area (Å²) in [7, 11) is -3.78. The van der Waals surface area contributed by atoms with Crippen LogP contribution in [0.1, 0.15) is 19.4 Å². The van der Waals surface area contributed by atoms with Crippen molar-refractivity contribution in [2.45, 2.75) is 31.2 Å². The molecule has 0 aromatic heterocycles. The number of aryl methyl sites for hydroxylation is 1. The number of rotatable bonds is 5. The molecule has 1 unspecified atom stereocenters. The maximum atomic E-state index is 12.0. The van der Waals surface area contributed by atoms with Crippen molar-refractivity contribution in [1.82, 2.24) is 4.72 Å². The third-order valence-corrected chi connectivity index (χ3v) is 3.99. The molecule has 0 aliphatic carbocycles. The number of sulfonamides is 1. The van der Waals surface area contributed by atoms with Crippen molar-refractivity contribution in [3.8, 4) is 0 Å². The summed E-state index contributed by atoms with van der Waals surface area (Å²) in [6, 6.07) is 5.39. The Morgan fingerprint density at radius 2 is 2.00 bits per heavy atom. The maximum Gasteiger partial charge on any atom is 0.321 e. The third-order valence-electron chi connectivity index (χ3n) is 2.35. The number of benzene rings is 1. The van der Waals surface area contributed by atoms with Crippen molar-refractivity contribution in [3.63, 3.8) is 0 Å². The first-order chi connectivity index (χ1) is 7.88. The van der Waals surface area contributed by atoms with Gasteiger partial charge in [0.25, 0.3) is 0 Å². The first kappa shape index (κ1) is 13.7. The third kappa shape index (κ3) is 3.28. The predicted octanol–water partition coefficient (Wildman–Crippen LogP) is 1.00. The number of carboxylic acids is 1. The van der Waals surface area contributed by atoms with E-state index in [4.69, 9.17) is 5.11 Å². The maximum absolute atomic E-state index is 12.0. The molecule has 0 aliphatic heterocycles. The Labute approximate surface area is 101 Å². The Morgan fingerprint density at radius 1 is 1.41 bits per heavy atom. The Balaban J connectivity index is 3.09. The molecule has 0 bridgehead atoms. The number of carbonyl (C=O) groups is 1. The molecule has 0 saturated heterocycles. The van der Waals surface area contributed by atoms with E-state index in [-0.39, 0.29) is 4.90 Å². The molecule has 1 aromatic carbocycles. The first-order valence-corrected chi connectivity index (χ1v) is 6.70. The zero-order chi connectivity index (χ0) is 13.1. The zero-order valence-electron chi connectivity index (χ0n) is 9.67. The van der Waals surface area contributed by atoms with Crippen LogP contribution in [0.5, 0.6) is 0 Å². The molecule has 2 N–H and O–H groups in total. The van der Waals surface area contributed by atoms with E-state index in [1.807, 2.05) is 6.92 Å². The summed E-state index contributed by atoms with van der Waals surface area (Å²) in [5, 5.41) is 8.69. The van der Waals surface area contributed by atoms with Gasteiger partial charge < -0.3 is 5.11 Å². The number of aliphatic carboxylic acids is 1. The second-order valence-electron chi connectivity index (χ2n) is 3.64. The van der Waals surface area contributed by atoms with Crippen molar-refractivity contribution in [3.05, 3.63) is 29.8 Å². The SMILES string of the molecule is CCc1ccccc1S(=O)(=O)NC(C)C(=O)O. The Bertz CT molecular complexity index is 510. The highest BCUT2D eigenvalue weighted by molar-refractivity contribution is 7.89. The minimum atomic E-state index is -3.78. The molecule has 0 spiro atoms. The summed E-state index contributed by atoms with van der Waals surface area (Å²) in [5.74, 6) is -1.21. The van der Waals surface area contributed by atoms with Gasteiger partial charge in [0.05, 0.1) is 4.90 Å². The van der Waals surface area contributed by atoms with E-state index in [1.54, 1.807) is 18.2 Å². The highest BCUT2D eigenvalue weighted by atomic mass is 32.2. The molecule has 17 heavy (non-hydrogen) atoms. The molecule has 0 radical (unpaired) electrons. The van der Waals surface area contributed by atoms with Crippen LogP contribution in [-0.2, 0) is 21.2 Å². The largest absolute Gasteiger partial charge is 0.480 e. The second-order valence-corrected chi connectivity index (χ2v) is 5.32. The second kappa shape index (κ2) is 5.29. The highest BCUT2D eigenvalue weighted by Crippen LogP contribution is 2.16. The van der Waals surface area contributed by atoms with Gasteiger partial charge in [-0.25, -0.2) is 8.42 Å². The van der Waals surface area contributed by atoms with Crippen LogP contribution in [-0.4, -0.2) is 25.5 Å². The van der Waals surface area contributed by atoms with Gasteiger partial charge in [0.1, 0.15) is 6.04 Å². The van der Waals surface area contributed by atoms with E-state index in [2.05, 4.69) is 4.72 Å². The smallest absolute Gasteiger partial charge is 0.321 e. The fourth-order valence-corrected chi connectivity index (χ4v) is 2.91. The molecule has 1 rings (SSSR count). The van der Waals surface area contributed by atoms with Crippen LogP contribution in [0.3, 0.4) is 0 Å². The molecular formula is C11H15NO4S. The molecule has 94 valence electrons. The van der Waals surface area contributed by atoms with Gasteiger partial charge >= 0.3 is 5.97 Å². The van der Waals surface area contributed by atoms with Gasteiger partial charge in [0.15, 0.2) is 0 Å². The van der Waals surface area contributed by atoms with E-state index in [9.17, 15) is 13.2 Å². The van der Waals surface area contributed by atoms with Crippen molar-refractivity contribution >= 4 is 16.0 Å². The van der Waals surface area contributed by atoms with Gasteiger partial charge in [-0.3, -0.25) is 4.79 Å². The summed E-state index contributed by atoms with van der Waals surface area (Å²) in [5.41, 5.74) is 0.664. The van der Waals surface area contributed by atoms with Gasteiger partial charge in [0.2, 0.25) is 10.0 Å². The molecule has 0 amide bonds. The van der Waals surface area contributed by atoms with Gasteiger partial charge in [-0.1, -0.05) is 25.1 Å². The molecule has 5 nitrogen and oxygen atoms in total. The summed E-state index contributed by atoms with van der Waals surface area (Å²) < 4.78 is 26.0. The quantitative estimate of drug-likeness (QED) is 0.824. The lowest BCUT2D eigenvalue weighted by Gasteiger charge is -2.12. The number of hydrogen-bond donors (Lipinski definition) is 2. The fraction of sp³-hybridized carbons (Fsp3) is 0.364. The summed E-state index contributed by atoms with van der Waals surface area (Å²) >= 11 is 0. The highest BCUT2D eigenvalue weighted by Gasteiger charge is 2.22. The van der Waals surface area contributed by atoms with Crippen LogP contribution in [0.4, 0.5) is 0 Å². The molecule has 6 heteroatoms. The monoisotopic (exact) mass is 257 g/mol. The van der Waals surface area contributed by atoms with Crippen LogP contribution in [0, 0.1) is 0 Å². The standard InChI is InChI=1S/C11H15NO4S/c1-3-9-6-4-5-7-10(9)17(15,16)12-8(2)11(13)14/h4-8,12H,3H2,1-2H3,(H,13,14). The number of nitrogens with one attached hydrogen (secondary N) is 1. The minimum Gasteiger partial charge on any atom is -0.480 e. The van der Waals surface area contributed by atoms with E-state index >= 15 is 0 Å². The normalized spacial score (nSPS) is 13.3. The van der Waals surface area contributed by atoms with Gasteiger partial charge in [-0.15, -0.1) is 0 Å². The minimum absolute atomic E-state index is 0.135. The van der Waals surface area contributed by atoms with Crippen LogP contribution in [0.15, 0.2) is 29.2 Å². The molecule has 1 aromatic rings. The summed E-state index contributed by atoms with van der Waals surface area (Å²) in [4.78, 5) is 10.8. The molecule has 0 aliphatic rings. The van der Waals surface area contributed by atoms with E-state index in [0.717, 1.165) is 0 Å². The number of carboxylic acid groups (broad SMARTS) is 1. The molecule has 0 heterocycles. The van der Waals surface area contributed by atoms with Gasteiger partial charge in [-0.2, -0.15) is 4.72 Å². The van der Waals surface area contributed by atoms with Gasteiger partial charge in [0, 0.05) is 0 Å². The van der Waals surface area contributed by atoms with Crippen LogP contribution < -0.4 is 4.72 Å². The fourth-order valence-electron chi connectivity index (χ4n) is 1.40. The van der Waals surface area contributed by atoms with Crippen molar-refractivity contribution in [2.24, 2.45) is 0 Å². The molecule has 0 saturated carbocycles. The molecule has 1 atom stereocenters. The average Bonchev–Trinajstić information content (AvgIpc) is 2.28. The first-order valence-electron chi connectivity index (χ1n) is 5.21. The lowest BCUT2D eigenvalue weighted by atomic mass is 10.2. The summed E-state index contributed by atoms with van der Waals surface area (Å²) in [6.45, 7) is 3.13. The Hall–Kier alpha value is -1.40. The van der Waals surface area contributed by atoms with Crippen molar-refractivity contribution in [2.75, 3.05) is 0 Å². The average molecular weight is 257 g/mol. The van der Waals surface area contributed by atoms with Crippen molar-refractivity contribution < 1.29 is 18.3 Å². The van der Waals surface area contributed by atoms with Crippen LogP contribution in [0.2, 0.25) is 0 Å². The Kier molecular flexibility index (Phi) is 4.25. The molecule has 0 fully saturated rings. The lowest BCUT2D eigenvalue weighted by molar-refractivity contribution is -0.138. The summed E-state index contributed by atoms with van der Waals surface area (Å²) in [6.07, 6.45) is 0.568.